The van der Waals surface area contributed by atoms with Crippen LogP contribution in [-0.4, -0.2) is 11.7 Å². The molecule has 0 spiro atoms. The maximum atomic E-state index is 10.4. The van der Waals surface area contributed by atoms with E-state index in [1.54, 1.807) is 0 Å². The van der Waals surface area contributed by atoms with E-state index in [1.807, 2.05) is 29.6 Å². The van der Waals surface area contributed by atoms with Crippen molar-refractivity contribution in [3.63, 3.8) is 0 Å². The molecule has 0 saturated carbocycles. The van der Waals surface area contributed by atoms with E-state index in [-0.39, 0.29) is 0 Å². The van der Waals surface area contributed by atoms with Crippen molar-refractivity contribution in [1.29, 1.82) is 0 Å². The topological polar surface area (TPSA) is 29.5 Å². The van der Waals surface area contributed by atoms with Gasteiger partial charge in [-0.3, -0.25) is 0 Å². The molecule has 1 unspecified atom stereocenters. The lowest BCUT2D eigenvalue weighted by Gasteiger charge is -2.13. The van der Waals surface area contributed by atoms with Gasteiger partial charge in [0.25, 0.3) is 0 Å². The molecule has 0 saturated heterocycles. The van der Waals surface area contributed by atoms with Gasteiger partial charge >= 0.3 is 0 Å². The molecule has 2 nitrogen and oxygen atoms in total. The monoisotopic (exact) mass is 404 g/mol. The average molecular weight is 406 g/mol. The number of benzene rings is 1. The summed E-state index contributed by atoms with van der Waals surface area (Å²) in [7, 11) is 0. The Bertz CT molecular complexity index is 554. The quantitative estimate of drug-likeness (QED) is 0.745. The summed E-state index contributed by atoms with van der Waals surface area (Å²) in [6.45, 7) is 2.76. The predicted molar refractivity (Wildman–Crippen MR) is 86.0 cm³/mol. The summed E-state index contributed by atoms with van der Waals surface area (Å²) in [5.41, 5.74) is 0.846. The number of aliphatic hydroxyl groups is 1. The third kappa shape index (κ3) is 3.60. The van der Waals surface area contributed by atoms with E-state index in [1.165, 1.54) is 11.3 Å². The second-order valence-electron chi connectivity index (χ2n) is 4.07. The van der Waals surface area contributed by atoms with E-state index in [0.29, 0.717) is 6.61 Å². The van der Waals surface area contributed by atoms with Crippen molar-refractivity contribution in [3.05, 3.63) is 49.0 Å². The van der Waals surface area contributed by atoms with Crippen LogP contribution in [0, 0.1) is 0 Å². The molecule has 0 aliphatic carbocycles. The van der Waals surface area contributed by atoms with Gasteiger partial charge in [0.2, 0.25) is 0 Å². The first-order valence-corrected chi connectivity index (χ1v) is 8.43. The zero-order chi connectivity index (χ0) is 13.8. The molecule has 0 fully saturated rings. The number of halogens is 2. The number of ether oxygens (including phenoxy) is 1. The Morgan fingerprint density at radius 3 is 2.63 bits per heavy atom. The van der Waals surface area contributed by atoms with Crippen LogP contribution in [0.2, 0.25) is 0 Å². The molecule has 0 bridgehead atoms. The van der Waals surface area contributed by atoms with Gasteiger partial charge < -0.3 is 9.84 Å². The largest absolute Gasteiger partial charge is 0.492 e. The Kier molecular flexibility index (Phi) is 5.45. The van der Waals surface area contributed by atoms with Gasteiger partial charge in [0.15, 0.2) is 0 Å². The molecular formula is C14H14Br2O2S. The Morgan fingerprint density at radius 1 is 1.26 bits per heavy atom. The summed E-state index contributed by atoms with van der Waals surface area (Å²) >= 11 is 8.46. The van der Waals surface area contributed by atoms with E-state index in [2.05, 4.69) is 38.8 Å². The van der Waals surface area contributed by atoms with Crippen molar-refractivity contribution >= 4 is 43.2 Å². The Hall–Kier alpha value is -0.360. The summed E-state index contributed by atoms with van der Waals surface area (Å²) in [6, 6.07) is 7.63. The highest BCUT2D eigenvalue weighted by atomic mass is 79.9. The van der Waals surface area contributed by atoms with Gasteiger partial charge in [-0.15, -0.1) is 11.3 Å². The predicted octanol–water partition coefficient (Wildman–Crippen LogP) is 5.14. The molecule has 1 heterocycles. The van der Waals surface area contributed by atoms with E-state index in [4.69, 9.17) is 4.74 Å². The van der Waals surface area contributed by atoms with E-state index in [0.717, 1.165) is 31.6 Å². The third-order valence-corrected chi connectivity index (χ3v) is 5.17. The first-order chi connectivity index (χ1) is 9.13. The van der Waals surface area contributed by atoms with Crippen molar-refractivity contribution < 1.29 is 9.84 Å². The van der Waals surface area contributed by atoms with Crippen LogP contribution in [0.3, 0.4) is 0 Å². The van der Waals surface area contributed by atoms with Gasteiger partial charge in [-0.05, 0) is 67.4 Å². The summed E-state index contributed by atoms with van der Waals surface area (Å²) in [6.07, 6.45) is 0.352. The number of aliphatic hydroxyl groups excluding tert-OH is 1. The Balaban J connectivity index is 2.22. The smallest absolute Gasteiger partial charge is 0.133 e. The minimum atomic E-state index is -0.620. The minimum Gasteiger partial charge on any atom is -0.492 e. The SMILES string of the molecule is CCCOc1ccc(C(O)c2sccc2Br)cc1Br. The van der Waals surface area contributed by atoms with Gasteiger partial charge in [0.05, 0.1) is 16.0 Å². The molecule has 5 heteroatoms. The molecule has 1 aromatic heterocycles. The highest BCUT2D eigenvalue weighted by Gasteiger charge is 2.16. The van der Waals surface area contributed by atoms with Crippen LogP contribution in [0.1, 0.15) is 29.9 Å². The van der Waals surface area contributed by atoms with Crippen molar-refractivity contribution in [2.45, 2.75) is 19.4 Å². The minimum absolute atomic E-state index is 0.620. The first-order valence-electron chi connectivity index (χ1n) is 5.96. The molecule has 1 atom stereocenters. The lowest BCUT2D eigenvalue weighted by atomic mass is 10.1. The van der Waals surface area contributed by atoms with Crippen molar-refractivity contribution in [1.82, 2.24) is 0 Å². The summed E-state index contributed by atoms with van der Waals surface area (Å²) < 4.78 is 7.40. The molecule has 1 aromatic carbocycles. The molecule has 2 rings (SSSR count). The van der Waals surface area contributed by atoms with Crippen molar-refractivity contribution in [2.75, 3.05) is 6.61 Å². The molecule has 1 N–H and O–H groups in total. The van der Waals surface area contributed by atoms with Crippen LogP contribution >= 0.6 is 43.2 Å². The fourth-order valence-corrected chi connectivity index (χ4v) is 3.78. The van der Waals surface area contributed by atoms with Crippen LogP contribution in [0.4, 0.5) is 0 Å². The van der Waals surface area contributed by atoms with Gasteiger partial charge in [-0.2, -0.15) is 0 Å². The summed E-state index contributed by atoms with van der Waals surface area (Å²) in [5, 5.41) is 12.3. The molecule has 102 valence electrons. The molecule has 0 amide bonds. The summed E-state index contributed by atoms with van der Waals surface area (Å²) in [5.74, 6) is 0.808. The normalized spacial score (nSPS) is 12.4. The van der Waals surface area contributed by atoms with Gasteiger partial charge in [0.1, 0.15) is 11.9 Å². The number of hydrogen-bond acceptors (Lipinski definition) is 3. The molecule has 0 aliphatic heterocycles. The molecule has 0 aliphatic rings. The maximum Gasteiger partial charge on any atom is 0.133 e. The summed E-state index contributed by atoms with van der Waals surface area (Å²) in [4.78, 5) is 0.911. The number of hydrogen-bond donors (Lipinski definition) is 1. The van der Waals surface area contributed by atoms with Crippen molar-refractivity contribution in [2.24, 2.45) is 0 Å². The van der Waals surface area contributed by atoms with E-state index < -0.39 is 6.10 Å². The van der Waals surface area contributed by atoms with Crippen LogP contribution in [0.5, 0.6) is 5.75 Å². The molecule has 2 aromatic rings. The van der Waals surface area contributed by atoms with Gasteiger partial charge in [-0.25, -0.2) is 0 Å². The maximum absolute atomic E-state index is 10.4. The molecule has 0 radical (unpaired) electrons. The fourth-order valence-electron chi connectivity index (χ4n) is 1.67. The second-order valence-corrected chi connectivity index (χ2v) is 6.73. The standard InChI is InChI=1S/C14H14Br2O2S/c1-2-6-18-12-4-3-9(8-11(12)16)13(17)14-10(15)5-7-19-14/h3-5,7-8,13,17H,2,6H2,1H3. The number of thiophene rings is 1. The van der Waals surface area contributed by atoms with Gasteiger partial charge in [-0.1, -0.05) is 13.0 Å². The fraction of sp³-hybridized carbons (Fsp3) is 0.286. The second kappa shape index (κ2) is 6.88. The van der Waals surface area contributed by atoms with Crippen LogP contribution in [0.25, 0.3) is 0 Å². The number of rotatable bonds is 5. The zero-order valence-electron chi connectivity index (χ0n) is 10.4. The lowest BCUT2D eigenvalue weighted by molar-refractivity contribution is 0.223. The van der Waals surface area contributed by atoms with E-state index in [9.17, 15) is 5.11 Å². The Labute approximate surface area is 133 Å². The average Bonchev–Trinajstić information content (AvgIpc) is 2.82. The van der Waals surface area contributed by atoms with E-state index >= 15 is 0 Å². The zero-order valence-corrected chi connectivity index (χ0v) is 14.4. The van der Waals surface area contributed by atoms with Crippen LogP contribution in [0.15, 0.2) is 38.6 Å². The first kappa shape index (κ1) is 15.0. The van der Waals surface area contributed by atoms with Gasteiger partial charge in [0, 0.05) is 4.47 Å². The Morgan fingerprint density at radius 2 is 2.05 bits per heavy atom. The van der Waals surface area contributed by atoms with Crippen LogP contribution < -0.4 is 4.74 Å². The highest BCUT2D eigenvalue weighted by molar-refractivity contribution is 9.10. The molecular weight excluding hydrogens is 392 g/mol. The third-order valence-electron chi connectivity index (χ3n) is 2.63. The lowest BCUT2D eigenvalue weighted by Crippen LogP contribution is -2.00. The van der Waals surface area contributed by atoms with Crippen molar-refractivity contribution in [3.8, 4) is 5.75 Å². The van der Waals surface area contributed by atoms with Crippen LogP contribution in [-0.2, 0) is 0 Å². The highest BCUT2D eigenvalue weighted by Crippen LogP contribution is 2.35. The molecule has 19 heavy (non-hydrogen) atoms.